The van der Waals surface area contributed by atoms with Gasteiger partial charge < -0.3 is 10.6 Å². The van der Waals surface area contributed by atoms with Crippen molar-refractivity contribution in [3.63, 3.8) is 0 Å². The fourth-order valence-electron chi connectivity index (χ4n) is 1.85. The average molecular weight is 219 g/mol. The fourth-order valence-corrected chi connectivity index (χ4v) is 1.85. The van der Waals surface area contributed by atoms with Gasteiger partial charge in [-0.25, -0.2) is 4.98 Å². The average Bonchev–Trinajstić information content (AvgIpc) is 3.02. The molecule has 2 N–H and O–H groups in total. The molecule has 1 aromatic heterocycles. The minimum atomic E-state index is 0.673. The molecule has 1 saturated carbocycles. The quantitative estimate of drug-likeness (QED) is 0.771. The lowest BCUT2D eigenvalue weighted by Gasteiger charge is -2.09. The van der Waals surface area contributed by atoms with E-state index in [9.17, 15) is 0 Å². The summed E-state index contributed by atoms with van der Waals surface area (Å²) in [5, 5.41) is 6.67. The number of aromatic nitrogens is 1. The van der Waals surface area contributed by atoms with E-state index in [0.717, 1.165) is 25.2 Å². The van der Waals surface area contributed by atoms with E-state index in [-0.39, 0.29) is 0 Å². The first-order valence-electron chi connectivity index (χ1n) is 6.22. The topological polar surface area (TPSA) is 37.0 Å². The Morgan fingerprint density at radius 3 is 2.81 bits per heavy atom. The van der Waals surface area contributed by atoms with Crippen LogP contribution in [0.25, 0.3) is 0 Å². The third kappa shape index (κ3) is 3.20. The van der Waals surface area contributed by atoms with Crippen molar-refractivity contribution in [3.05, 3.63) is 23.4 Å². The smallest absolute Gasteiger partial charge is 0.126 e. The molecule has 1 aromatic rings. The monoisotopic (exact) mass is 219 g/mol. The van der Waals surface area contributed by atoms with Gasteiger partial charge in [0.15, 0.2) is 0 Å². The summed E-state index contributed by atoms with van der Waals surface area (Å²) in [6.07, 6.45) is 4.80. The molecule has 0 aromatic carbocycles. The zero-order valence-corrected chi connectivity index (χ0v) is 10.2. The van der Waals surface area contributed by atoms with Gasteiger partial charge in [0.25, 0.3) is 0 Å². The van der Waals surface area contributed by atoms with Crippen molar-refractivity contribution in [1.29, 1.82) is 0 Å². The summed E-state index contributed by atoms with van der Waals surface area (Å²) in [4.78, 5) is 4.65. The van der Waals surface area contributed by atoms with Gasteiger partial charge in [0.05, 0.1) is 0 Å². The van der Waals surface area contributed by atoms with E-state index < -0.39 is 0 Å². The molecule has 0 saturated heterocycles. The van der Waals surface area contributed by atoms with E-state index >= 15 is 0 Å². The van der Waals surface area contributed by atoms with Gasteiger partial charge in [-0.3, -0.25) is 0 Å². The normalized spacial score (nSPS) is 15.1. The maximum absolute atomic E-state index is 4.65. The highest BCUT2D eigenvalue weighted by atomic mass is 15.0. The standard InChI is InChI=1S/C13H21N3/c1-3-4-12-7-10(9-14-2)8-13(16-12)15-11-5-6-11/h7-8,11,14H,3-6,9H2,1-2H3,(H,15,16). The van der Waals surface area contributed by atoms with Crippen LogP contribution in [-0.4, -0.2) is 18.1 Å². The third-order valence-electron chi connectivity index (χ3n) is 2.75. The summed E-state index contributed by atoms with van der Waals surface area (Å²) < 4.78 is 0. The van der Waals surface area contributed by atoms with Crippen LogP contribution < -0.4 is 10.6 Å². The van der Waals surface area contributed by atoms with E-state index in [2.05, 4.69) is 34.7 Å². The minimum absolute atomic E-state index is 0.673. The Bertz CT molecular complexity index is 321. The highest BCUT2D eigenvalue weighted by molar-refractivity contribution is 5.41. The number of hydrogen-bond donors (Lipinski definition) is 2. The molecule has 1 aliphatic rings. The molecule has 16 heavy (non-hydrogen) atoms. The Kier molecular flexibility index (Phi) is 3.78. The molecule has 0 aliphatic heterocycles. The predicted octanol–water partition coefficient (Wildman–Crippen LogP) is 2.33. The summed E-state index contributed by atoms with van der Waals surface area (Å²) in [6.45, 7) is 3.11. The number of nitrogens with zero attached hydrogens (tertiary/aromatic N) is 1. The lowest BCUT2D eigenvalue weighted by molar-refractivity contribution is 0.805. The molecule has 2 rings (SSSR count). The molecular weight excluding hydrogens is 198 g/mol. The molecule has 0 bridgehead atoms. The van der Waals surface area contributed by atoms with E-state index in [4.69, 9.17) is 0 Å². The Balaban J connectivity index is 2.13. The van der Waals surface area contributed by atoms with Crippen molar-refractivity contribution < 1.29 is 0 Å². The van der Waals surface area contributed by atoms with Crippen LogP contribution in [0.15, 0.2) is 12.1 Å². The second-order valence-electron chi connectivity index (χ2n) is 4.55. The molecule has 0 unspecified atom stereocenters. The van der Waals surface area contributed by atoms with Crippen LogP contribution in [-0.2, 0) is 13.0 Å². The Morgan fingerprint density at radius 2 is 2.19 bits per heavy atom. The first kappa shape index (κ1) is 11.4. The fraction of sp³-hybridized carbons (Fsp3) is 0.615. The Morgan fingerprint density at radius 1 is 1.38 bits per heavy atom. The van der Waals surface area contributed by atoms with Gasteiger partial charge in [-0.2, -0.15) is 0 Å². The van der Waals surface area contributed by atoms with Crippen LogP contribution in [0.5, 0.6) is 0 Å². The number of rotatable bonds is 6. The first-order valence-corrected chi connectivity index (χ1v) is 6.22. The lowest BCUT2D eigenvalue weighted by Crippen LogP contribution is -2.09. The number of nitrogens with one attached hydrogen (secondary N) is 2. The Labute approximate surface area is 97.7 Å². The maximum Gasteiger partial charge on any atom is 0.126 e. The molecule has 0 amide bonds. The van der Waals surface area contributed by atoms with Crippen molar-refractivity contribution in [1.82, 2.24) is 10.3 Å². The van der Waals surface area contributed by atoms with Crippen LogP contribution >= 0.6 is 0 Å². The van der Waals surface area contributed by atoms with Crippen molar-refractivity contribution in [3.8, 4) is 0 Å². The molecule has 3 nitrogen and oxygen atoms in total. The van der Waals surface area contributed by atoms with Gasteiger partial charge >= 0.3 is 0 Å². The van der Waals surface area contributed by atoms with Crippen molar-refractivity contribution >= 4 is 5.82 Å². The number of pyridine rings is 1. The van der Waals surface area contributed by atoms with Crippen molar-refractivity contribution in [2.24, 2.45) is 0 Å². The summed E-state index contributed by atoms with van der Waals surface area (Å²) in [5.41, 5.74) is 2.53. The van der Waals surface area contributed by atoms with Gasteiger partial charge in [0.1, 0.15) is 5.82 Å². The predicted molar refractivity (Wildman–Crippen MR) is 67.6 cm³/mol. The van der Waals surface area contributed by atoms with E-state index in [1.54, 1.807) is 0 Å². The molecule has 88 valence electrons. The number of hydrogen-bond acceptors (Lipinski definition) is 3. The highest BCUT2D eigenvalue weighted by Crippen LogP contribution is 2.24. The van der Waals surface area contributed by atoms with Gasteiger partial charge in [0, 0.05) is 18.3 Å². The molecule has 0 atom stereocenters. The molecular formula is C13H21N3. The zero-order valence-electron chi connectivity index (χ0n) is 10.2. The van der Waals surface area contributed by atoms with Gasteiger partial charge in [-0.05, 0) is 44.0 Å². The molecule has 1 fully saturated rings. The number of anilines is 1. The number of aryl methyl sites for hydroxylation is 1. The van der Waals surface area contributed by atoms with Crippen LogP contribution in [0.2, 0.25) is 0 Å². The molecule has 1 aliphatic carbocycles. The summed E-state index contributed by atoms with van der Waals surface area (Å²) in [7, 11) is 1.98. The first-order chi connectivity index (χ1) is 7.81. The second-order valence-corrected chi connectivity index (χ2v) is 4.55. The van der Waals surface area contributed by atoms with Crippen LogP contribution in [0.3, 0.4) is 0 Å². The zero-order chi connectivity index (χ0) is 11.4. The van der Waals surface area contributed by atoms with Gasteiger partial charge in [-0.1, -0.05) is 13.3 Å². The summed E-state index contributed by atoms with van der Waals surface area (Å²) >= 11 is 0. The molecule has 1 heterocycles. The minimum Gasteiger partial charge on any atom is -0.367 e. The van der Waals surface area contributed by atoms with E-state index in [1.807, 2.05) is 7.05 Å². The van der Waals surface area contributed by atoms with E-state index in [0.29, 0.717) is 6.04 Å². The summed E-state index contributed by atoms with van der Waals surface area (Å²) in [6, 6.07) is 5.04. The second kappa shape index (κ2) is 5.30. The van der Waals surface area contributed by atoms with Crippen LogP contribution in [0.1, 0.15) is 37.4 Å². The van der Waals surface area contributed by atoms with Gasteiger partial charge in [0.2, 0.25) is 0 Å². The van der Waals surface area contributed by atoms with Crippen molar-refractivity contribution in [2.75, 3.05) is 12.4 Å². The van der Waals surface area contributed by atoms with E-state index in [1.165, 1.54) is 24.1 Å². The summed E-state index contributed by atoms with van der Waals surface area (Å²) in [5.74, 6) is 1.05. The third-order valence-corrected chi connectivity index (χ3v) is 2.75. The lowest BCUT2D eigenvalue weighted by atomic mass is 10.1. The van der Waals surface area contributed by atoms with Crippen molar-refractivity contribution in [2.45, 2.75) is 45.2 Å². The van der Waals surface area contributed by atoms with Crippen LogP contribution in [0.4, 0.5) is 5.82 Å². The highest BCUT2D eigenvalue weighted by Gasteiger charge is 2.21. The van der Waals surface area contributed by atoms with Crippen LogP contribution in [0, 0.1) is 0 Å². The molecule has 0 radical (unpaired) electrons. The van der Waals surface area contributed by atoms with Gasteiger partial charge in [-0.15, -0.1) is 0 Å². The maximum atomic E-state index is 4.65. The molecule has 3 heteroatoms. The largest absolute Gasteiger partial charge is 0.367 e. The molecule has 0 spiro atoms. The SMILES string of the molecule is CCCc1cc(CNC)cc(NC2CC2)n1. The Hall–Kier alpha value is -1.09.